The molecule has 28 heavy (non-hydrogen) atoms. The van der Waals surface area contributed by atoms with Crippen LogP contribution in [0.3, 0.4) is 0 Å². The van der Waals surface area contributed by atoms with Crippen LogP contribution in [0.4, 0.5) is 5.69 Å². The first-order chi connectivity index (χ1) is 13.5. The Morgan fingerprint density at radius 3 is 2.54 bits per heavy atom. The molecular weight excluding hydrogens is 374 g/mol. The third-order valence-electron chi connectivity index (χ3n) is 5.21. The van der Waals surface area contributed by atoms with Gasteiger partial charge in [0.1, 0.15) is 11.5 Å². The number of methoxy groups -OCH3 is 2. The Morgan fingerprint density at radius 1 is 1.18 bits per heavy atom. The van der Waals surface area contributed by atoms with E-state index >= 15 is 0 Å². The number of hydrogen-bond acceptors (Lipinski definition) is 5. The number of nitrogens with one attached hydrogen (secondary N) is 1. The van der Waals surface area contributed by atoms with Crippen LogP contribution in [-0.4, -0.2) is 65.1 Å². The maximum atomic E-state index is 5.64. The van der Waals surface area contributed by atoms with Crippen LogP contribution in [0.25, 0.3) is 0 Å². The van der Waals surface area contributed by atoms with Crippen molar-refractivity contribution in [3.8, 4) is 11.5 Å². The van der Waals surface area contributed by atoms with Crippen molar-refractivity contribution in [2.24, 2.45) is 0 Å². The smallest absolute Gasteiger partial charge is 0.173 e. The highest BCUT2D eigenvalue weighted by Crippen LogP contribution is 2.29. The first kappa shape index (κ1) is 20.4. The zero-order chi connectivity index (χ0) is 20.1. The third kappa shape index (κ3) is 4.56. The van der Waals surface area contributed by atoms with Crippen LogP contribution in [0.1, 0.15) is 18.2 Å². The van der Waals surface area contributed by atoms with Gasteiger partial charge in [0.25, 0.3) is 0 Å². The molecule has 1 N–H and O–H groups in total. The van der Waals surface area contributed by atoms with Crippen LogP contribution in [-0.2, 0) is 13.1 Å². The number of aryl methyl sites for hydroxylation is 1. The number of anilines is 1. The molecule has 0 radical (unpaired) electrons. The van der Waals surface area contributed by atoms with Crippen molar-refractivity contribution in [1.82, 2.24) is 19.6 Å². The van der Waals surface area contributed by atoms with Crippen molar-refractivity contribution < 1.29 is 9.47 Å². The lowest BCUT2D eigenvalue weighted by molar-refractivity contribution is 0.176. The summed E-state index contributed by atoms with van der Waals surface area (Å²) in [5, 5.41) is 8.47. The second kappa shape index (κ2) is 9.25. The van der Waals surface area contributed by atoms with Crippen molar-refractivity contribution in [1.29, 1.82) is 0 Å². The Morgan fingerprint density at radius 2 is 1.93 bits per heavy atom. The van der Waals surface area contributed by atoms with Crippen molar-refractivity contribution in [2.75, 3.05) is 45.7 Å². The highest BCUT2D eigenvalue weighted by atomic mass is 32.1. The van der Waals surface area contributed by atoms with E-state index in [1.807, 2.05) is 29.1 Å². The molecule has 2 aromatic rings. The summed E-state index contributed by atoms with van der Waals surface area (Å²) >= 11 is 5.64. The van der Waals surface area contributed by atoms with E-state index < -0.39 is 0 Å². The number of nitrogens with zero attached hydrogens (tertiary/aromatic N) is 4. The summed E-state index contributed by atoms with van der Waals surface area (Å²) < 4.78 is 12.8. The van der Waals surface area contributed by atoms with Gasteiger partial charge in [-0.2, -0.15) is 5.10 Å². The van der Waals surface area contributed by atoms with Crippen molar-refractivity contribution >= 4 is 23.0 Å². The van der Waals surface area contributed by atoms with Crippen LogP contribution in [0.5, 0.6) is 11.5 Å². The van der Waals surface area contributed by atoms with Crippen LogP contribution in [0.2, 0.25) is 0 Å². The van der Waals surface area contributed by atoms with E-state index in [1.54, 1.807) is 14.2 Å². The molecule has 0 bridgehead atoms. The van der Waals surface area contributed by atoms with Gasteiger partial charge in [-0.3, -0.25) is 9.58 Å². The van der Waals surface area contributed by atoms with Crippen molar-refractivity contribution in [3.05, 3.63) is 35.7 Å². The molecule has 152 valence electrons. The number of thiocarbonyl (C=S) groups is 1. The number of ether oxygens (including phenoxy) is 2. The summed E-state index contributed by atoms with van der Waals surface area (Å²) in [5.74, 6) is 1.50. The summed E-state index contributed by atoms with van der Waals surface area (Å²) in [6, 6.07) is 5.64. The van der Waals surface area contributed by atoms with Gasteiger partial charge >= 0.3 is 0 Å². The molecule has 7 nitrogen and oxygen atoms in total. The van der Waals surface area contributed by atoms with E-state index in [4.69, 9.17) is 21.7 Å². The molecule has 1 aliphatic heterocycles. The van der Waals surface area contributed by atoms with Gasteiger partial charge in [-0.25, -0.2) is 0 Å². The van der Waals surface area contributed by atoms with Gasteiger partial charge in [-0.15, -0.1) is 0 Å². The lowest BCUT2D eigenvalue weighted by Crippen LogP contribution is -2.49. The van der Waals surface area contributed by atoms with E-state index in [0.29, 0.717) is 5.11 Å². The van der Waals surface area contributed by atoms with Gasteiger partial charge in [0.05, 0.1) is 26.1 Å². The standard InChI is InChI=1S/C20H29N5O2S/c1-5-25-15(2)16(13-21-25)14-23-8-10-24(11-9-23)20(28)22-18-12-17(26-3)6-7-19(18)27-4/h6-7,12-13H,5,8-11,14H2,1-4H3,(H,22,28). The van der Waals surface area contributed by atoms with Crippen LogP contribution < -0.4 is 14.8 Å². The number of benzene rings is 1. The van der Waals surface area contributed by atoms with Crippen molar-refractivity contribution in [3.63, 3.8) is 0 Å². The fraction of sp³-hybridized carbons (Fsp3) is 0.500. The number of piperazine rings is 1. The molecule has 1 saturated heterocycles. The van der Waals surface area contributed by atoms with Crippen LogP contribution in [0.15, 0.2) is 24.4 Å². The van der Waals surface area contributed by atoms with E-state index in [9.17, 15) is 0 Å². The highest BCUT2D eigenvalue weighted by molar-refractivity contribution is 7.80. The summed E-state index contributed by atoms with van der Waals surface area (Å²) in [6.07, 6.45) is 1.99. The molecule has 0 amide bonds. The largest absolute Gasteiger partial charge is 0.497 e. The zero-order valence-corrected chi connectivity index (χ0v) is 17.9. The van der Waals surface area contributed by atoms with Crippen molar-refractivity contribution in [2.45, 2.75) is 26.9 Å². The lowest BCUT2D eigenvalue weighted by atomic mass is 10.2. The normalized spacial score (nSPS) is 14.8. The Kier molecular flexibility index (Phi) is 6.74. The molecule has 0 atom stereocenters. The fourth-order valence-electron chi connectivity index (χ4n) is 3.42. The molecule has 0 unspecified atom stereocenters. The van der Waals surface area contributed by atoms with E-state index in [0.717, 1.165) is 56.5 Å². The zero-order valence-electron chi connectivity index (χ0n) is 17.1. The van der Waals surface area contributed by atoms with E-state index in [2.05, 4.69) is 34.1 Å². The summed E-state index contributed by atoms with van der Waals surface area (Å²) in [5.41, 5.74) is 3.38. The summed E-state index contributed by atoms with van der Waals surface area (Å²) in [4.78, 5) is 4.66. The third-order valence-corrected chi connectivity index (χ3v) is 5.57. The quantitative estimate of drug-likeness (QED) is 0.744. The van der Waals surface area contributed by atoms with E-state index in [-0.39, 0.29) is 0 Å². The topological polar surface area (TPSA) is 54.8 Å². The number of hydrogen-bond donors (Lipinski definition) is 1. The first-order valence-electron chi connectivity index (χ1n) is 9.57. The minimum absolute atomic E-state index is 0.709. The summed E-state index contributed by atoms with van der Waals surface area (Å²) in [6.45, 7) is 9.81. The SMILES string of the molecule is CCn1ncc(CN2CCN(C(=S)Nc3cc(OC)ccc3OC)CC2)c1C. The molecular formula is C20H29N5O2S. The Balaban J connectivity index is 1.56. The van der Waals surface area contributed by atoms with Gasteiger partial charge in [-0.05, 0) is 38.2 Å². The molecule has 1 fully saturated rings. The summed E-state index contributed by atoms with van der Waals surface area (Å²) in [7, 11) is 3.30. The minimum Gasteiger partial charge on any atom is -0.497 e. The van der Waals surface area contributed by atoms with Gasteiger partial charge in [-0.1, -0.05) is 0 Å². The fourth-order valence-corrected chi connectivity index (χ4v) is 3.71. The maximum absolute atomic E-state index is 5.64. The monoisotopic (exact) mass is 403 g/mol. The Labute approximate surface area is 172 Å². The molecule has 1 aromatic heterocycles. The predicted molar refractivity (Wildman–Crippen MR) is 115 cm³/mol. The molecule has 1 aliphatic rings. The predicted octanol–water partition coefficient (Wildman–Crippen LogP) is 2.74. The highest BCUT2D eigenvalue weighted by Gasteiger charge is 2.21. The van der Waals surface area contributed by atoms with Gasteiger partial charge in [0.2, 0.25) is 0 Å². The number of rotatable bonds is 6. The number of aromatic nitrogens is 2. The average molecular weight is 404 g/mol. The molecule has 0 spiro atoms. The van der Waals surface area contributed by atoms with Gasteiger partial charge in [0.15, 0.2) is 5.11 Å². The molecule has 3 rings (SSSR count). The maximum Gasteiger partial charge on any atom is 0.173 e. The van der Waals surface area contributed by atoms with Gasteiger partial charge < -0.3 is 19.7 Å². The molecule has 2 heterocycles. The van der Waals surface area contributed by atoms with Gasteiger partial charge in [0, 0.05) is 56.6 Å². The molecule has 0 saturated carbocycles. The van der Waals surface area contributed by atoms with Crippen LogP contribution >= 0.6 is 12.2 Å². The molecule has 0 aliphatic carbocycles. The Bertz CT molecular complexity index is 815. The second-order valence-corrected chi connectivity index (χ2v) is 7.22. The molecule has 8 heteroatoms. The minimum atomic E-state index is 0.709. The molecule has 1 aromatic carbocycles. The average Bonchev–Trinajstić information content (AvgIpc) is 3.07. The lowest BCUT2D eigenvalue weighted by Gasteiger charge is -2.36. The van der Waals surface area contributed by atoms with Crippen LogP contribution in [0, 0.1) is 6.92 Å². The Hall–Kier alpha value is -2.32. The first-order valence-corrected chi connectivity index (χ1v) is 9.98. The second-order valence-electron chi connectivity index (χ2n) is 6.83. The van der Waals surface area contributed by atoms with E-state index in [1.165, 1.54) is 11.3 Å².